The average molecular weight is 545 g/mol. The number of rotatable bonds is 7. The van der Waals surface area contributed by atoms with Crippen LogP contribution in [0.25, 0.3) is 0 Å². The van der Waals surface area contributed by atoms with Gasteiger partial charge in [-0.3, -0.25) is 14.5 Å². The molecule has 2 atom stereocenters. The molecule has 3 heterocycles. The van der Waals surface area contributed by atoms with Gasteiger partial charge in [0.05, 0.1) is 30.4 Å². The molecule has 194 valence electrons. The molecule has 0 radical (unpaired) electrons. The van der Waals surface area contributed by atoms with Crippen molar-refractivity contribution in [2.75, 3.05) is 32.8 Å². The van der Waals surface area contributed by atoms with Gasteiger partial charge in [0.25, 0.3) is 5.91 Å². The summed E-state index contributed by atoms with van der Waals surface area (Å²) >= 11 is 12.5. The molecule has 4 amide bonds. The summed E-state index contributed by atoms with van der Waals surface area (Å²) in [6.07, 6.45) is -0.197. The zero-order chi connectivity index (χ0) is 26.1. The lowest BCUT2D eigenvalue weighted by Crippen LogP contribution is -2.47. The Bertz CT molecular complexity index is 1280. The van der Waals surface area contributed by atoms with Crippen LogP contribution in [0.15, 0.2) is 53.7 Å². The number of carbonyl (C=O) groups excluding carboxylic acids is 3. The summed E-state index contributed by atoms with van der Waals surface area (Å²) in [4.78, 5) is 42.0. The van der Waals surface area contributed by atoms with Crippen LogP contribution in [-0.4, -0.2) is 66.5 Å². The first-order valence-electron chi connectivity index (χ1n) is 12.1. The largest absolute Gasteiger partial charge is 0.486 e. The van der Waals surface area contributed by atoms with Gasteiger partial charge in [-0.15, -0.1) is 0 Å². The first kappa shape index (κ1) is 25.2. The summed E-state index contributed by atoms with van der Waals surface area (Å²) in [6, 6.07) is 11.3. The highest BCUT2D eigenvalue weighted by Gasteiger charge is 2.44. The van der Waals surface area contributed by atoms with Crippen LogP contribution in [0.5, 0.6) is 11.5 Å². The Morgan fingerprint density at radius 3 is 2.70 bits per heavy atom. The van der Waals surface area contributed by atoms with Gasteiger partial charge in [-0.25, -0.2) is 4.79 Å². The molecule has 2 aromatic rings. The Morgan fingerprint density at radius 1 is 1.16 bits per heavy atom. The molecule has 37 heavy (non-hydrogen) atoms. The van der Waals surface area contributed by atoms with E-state index in [1.807, 2.05) is 31.2 Å². The number of urea groups is 1. The van der Waals surface area contributed by atoms with Crippen LogP contribution in [0.4, 0.5) is 4.79 Å². The second kappa shape index (κ2) is 10.5. The summed E-state index contributed by atoms with van der Waals surface area (Å²) < 4.78 is 11.6. The number of halogens is 2. The molecule has 0 spiro atoms. The van der Waals surface area contributed by atoms with E-state index in [1.54, 1.807) is 28.0 Å². The molecule has 3 aliphatic heterocycles. The Kier molecular flexibility index (Phi) is 7.17. The molecular weight excluding hydrogens is 519 g/mol. The number of likely N-dealkylation sites (N-methyl/N-ethyl adjacent to an activating group) is 1. The van der Waals surface area contributed by atoms with Crippen LogP contribution in [0.1, 0.15) is 24.9 Å². The fourth-order valence-electron chi connectivity index (χ4n) is 4.75. The van der Waals surface area contributed by atoms with E-state index < -0.39 is 6.04 Å². The Hall–Kier alpha value is -3.43. The van der Waals surface area contributed by atoms with Crippen molar-refractivity contribution in [3.05, 3.63) is 69.3 Å². The number of ether oxygens (including phenoxy) is 2. The Morgan fingerprint density at radius 2 is 1.95 bits per heavy atom. The van der Waals surface area contributed by atoms with Gasteiger partial charge < -0.3 is 25.0 Å². The SMILES string of the molecule is CCN1C(=O)N[C@H](c2ccc(Cl)cc2Cl)C2=C1CN(CCC(=O)NC[C@H]1COc3ccccc3O1)C2=O. The summed E-state index contributed by atoms with van der Waals surface area (Å²) in [7, 11) is 0. The number of carbonyl (C=O) groups is 3. The summed E-state index contributed by atoms with van der Waals surface area (Å²) in [5.41, 5.74) is 1.67. The highest BCUT2D eigenvalue weighted by molar-refractivity contribution is 6.35. The highest BCUT2D eigenvalue weighted by atomic mass is 35.5. The maximum Gasteiger partial charge on any atom is 0.322 e. The van der Waals surface area contributed by atoms with E-state index in [0.717, 1.165) is 0 Å². The molecule has 2 aromatic carbocycles. The van der Waals surface area contributed by atoms with Crippen LogP contribution in [-0.2, 0) is 9.59 Å². The molecule has 0 saturated heterocycles. The molecule has 2 N–H and O–H groups in total. The monoisotopic (exact) mass is 544 g/mol. The van der Waals surface area contributed by atoms with E-state index in [1.165, 1.54) is 0 Å². The predicted molar refractivity (Wildman–Crippen MR) is 138 cm³/mol. The van der Waals surface area contributed by atoms with Crippen LogP contribution in [0, 0.1) is 0 Å². The van der Waals surface area contributed by atoms with Crippen LogP contribution in [0.2, 0.25) is 10.0 Å². The van der Waals surface area contributed by atoms with Gasteiger partial charge in [0.1, 0.15) is 12.7 Å². The number of nitrogens with one attached hydrogen (secondary N) is 2. The van der Waals surface area contributed by atoms with Gasteiger partial charge in [0.15, 0.2) is 11.5 Å². The lowest BCUT2D eigenvalue weighted by Gasteiger charge is -2.33. The zero-order valence-corrected chi connectivity index (χ0v) is 21.6. The van der Waals surface area contributed by atoms with Crippen molar-refractivity contribution in [3.8, 4) is 11.5 Å². The summed E-state index contributed by atoms with van der Waals surface area (Å²) in [6.45, 7) is 3.31. The van der Waals surface area contributed by atoms with E-state index in [-0.39, 0.29) is 50.0 Å². The quantitative estimate of drug-likeness (QED) is 0.555. The third-order valence-corrected chi connectivity index (χ3v) is 7.15. The highest BCUT2D eigenvalue weighted by Crippen LogP contribution is 2.39. The molecular formula is C26H26Cl2N4O5. The second-order valence-electron chi connectivity index (χ2n) is 8.93. The second-order valence-corrected chi connectivity index (χ2v) is 9.77. The third kappa shape index (κ3) is 5.06. The summed E-state index contributed by atoms with van der Waals surface area (Å²) in [5.74, 6) is 0.879. The maximum atomic E-state index is 13.5. The third-order valence-electron chi connectivity index (χ3n) is 6.59. The number of hydrogen-bond acceptors (Lipinski definition) is 5. The van der Waals surface area contributed by atoms with Crippen molar-refractivity contribution >= 4 is 41.0 Å². The Balaban J connectivity index is 1.22. The van der Waals surface area contributed by atoms with Gasteiger partial charge in [0, 0.05) is 29.6 Å². The number of nitrogens with zero attached hydrogens (tertiary/aromatic N) is 2. The minimum absolute atomic E-state index is 0.107. The molecule has 0 saturated carbocycles. The fraction of sp³-hybridized carbons (Fsp3) is 0.346. The predicted octanol–water partition coefficient (Wildman–Crippen LogP) is 3.52. The molecule has 3 aliphatic rings. The number of amides is 4. The van der Waals surface area contributed by atoms with Crippen LogP contribution in [0.3, 0.4) is 0 Å². The number of fused-ring (bicyclic) bond motifs is 1. The van der Waals surface area contributed by atoms with Crippen LogP contribution < -0.4 is 20.1 Å². The smallest absolute Gasteiger partial charge is 0.322 e. The van der Waals surface area contributed by atoms with Gasteiger partial charge in [0.2, 0.25) is 5.91 Å². The van der Waals surface area contributed by atoms with Crippen molar-refractivity contribution in [2.24, 2.45) is 0 Å². The summed E-state index contributed by atoms with van der Waals surface area (Å²) in [5, 5.41) is 6.57. The topological polar surface area (TPSA) is 100 Å². The first-order valence-corrected chi connectivity index (χ1v) is 12.8. The lowest BCUT2D eigenvalue weighted by molar-refractivity contribution is -0.127. The van der Waals surface area contributed by atoms with Gasteiger partial charge >= 0.3 is 6.03 Å². The Labute approximate surface area is 224 Å². The maximum absolute atomic E-state index is 13.5. The van der Waals surface area contributed by atoms with Crippen molar-refractivity contribution < 1.29 is 23.9 Å². The fourth-order valence-corrected chi connectivity index (χ4v) is 5.27. The van der Waals surface area contributed by atoms with Gasteiger partial charge in [-0.1, -0.05) is 41.4 Å². The minimum atomic E-state index is -0.701. The number of benzene rings is 2. The molecule has 5 rings (SSSR count). The molecule has 0 aromatic heterocycles. The molecule has 0 unspecified atom stereocenters. The van der Waals surface area contributed by atoms with E-state index in [9.17, 15) is 14.4 Å². The van der Waals surface area contributed by atoms with Crippen molar-refractivity contribution in [3.63, 3.8) is 0 Å². The molecule has 0 bridgehead atoms. The van der Waals surface area contributed by atoms with Gasteiger partial charge in [-0.2, -0.15) is 0 Å². The molecule has 0 aliphatic carbocycles. The lowest BCUT2D eigenvalue weighted by atomic mass is 9.95. The minimum Gasteiger partial charge on any atom is -0.486 e. The van der Waals surface area contributed by atoms with E-state index >= 15 is 0 Å². The van der Waals surface area contributed by atoms with Crippen LogP contribution >= 0.6 is 23.2 Å². The van der Waals surface area contributed by atoms with Gasteiger partial charge in [-0.05, 0) is 36.8 Å². The van der Waals surface area contributed by atoms with E-state index in [0.29, 0.717) is 51.5 Å². The standard InChI is InChI=1S/C26H26Cl2N4O5/c1-2-32-19-13-31(10-9-22(33)29-12-16-14-36-20-5-3-4-6-21(20)37-16)25(34)23(19)24(30-26(32)35)17-8-7-15(27)11-18(17)28/h3-8,11,16,24H,2,9-10,12-14H2,1H3,(H,29,33)(H,30,35)/t16-,24+/m0/s1. The zero-order valence-electron chi connectivity index (χ0n) is 20.1. The number of hydrogen-bond donors (Lipinski definition) is 2. The number of para-hydroxylation sites is 2. The molecule has 9 nitrogen and oxygen atoms in total. The van der Waals surface area contributed by atoms with E-state index in [4.69, 9.17) is 32.7 Å². The first-order chi connectivity index (χ1) is 17.9. The molecule has 0 fully saturated rings. The van der Waals surface area contributed by atoms with E-state index in [2.05, 4.69) is 10.6 Å². The average Bonchev–Trinajstić information content (AvgIpc) is 3.21. The van der Waals surface area contributed by atoms with Crippen molar-refractivity contribution in [1.82, 2.24) is 20.4 Å². The molecule has 11 heteroatoms. The van der Waals surface area contributed by atoms with Crippen molar-refractivity contribution in [2.45, 2.75) is 25.5 Å². The normalized spacial score (nSPS) is 20.6. The van der Waals surface area contributed by atoms with Crippen molar-refractivity contribution in [1.29, 1.82) is 0 Å².